The molecule has 0 atom stereocenters. The summed E-state index contributed by atoms with van der Waals surface area (Å²) < 4.78 is 18.3. The average molecular weight is 393 g/mol. The molecule has 3 rings (SSSR count). The molecule has 0 heterocycles. The van der Waals surface area contributed by atoms with Crippen LogP contribution in [0.1, 0.15) is 103 Å². The van der Waals surface area contributed by atoms with Crippen LogP contribution in [-0.2, 0) is 4.74 Å². The van der Waals surface area contributed by atoms with Crippen LogP contribution in [0, 0.1) is 29.6 Å². The summed E-state index contributed by atoms with van der Waals surface area (Å²) in [6.07, 6.45) is 25.0. The second kappa shape index (κ2) is 12.4. The minimum Gasteiger partial charge on any atom is -0.378 e. The summed E-state index contributed by atoms with van der Waals surface area (Å²) in [6.45, 7) is 2.92. The van der Waals surface area contributed by atoms with Gasteiger partial charge in [-0.3, -0.25) is 0 Å². The Morgan fingerprint density at radius 3 is 1.71 bits per heavy atom. The number of alkyl halides is 1. The highest BCUT2D eigenvalue weighted by atomic mass is 19.1. The average Bonchev–Trinajstić information content (AvgIpc) is 2.75. The van der Waals surface area contributed by atoms with Crippen molar-refractivity contribution in [3.63, 3.8) is 0 Å². The van der Waals surface area contributed by atoms with E-state index in [1.165, 1.54) is 89.9 Å². The van der Waals surface area contributed by atoms with E-state index in [0.29, 0.717) is 6.10 Å². The molecule has 0 saturated heterocycles. The quantitative estimate of drug-likeness (QED) is 0.286. The van der Waals surface area contributed by atoms with Crippen molar-refractivity contribution in [3.8, 4) is 0 Å². The largest absolute Gasteiger partial charge is 0.378 e. The van der Waals surface area contributed by atoms with Crippen molar-refractivity contribution in [3.05, 3.63) is 12.2 Å². The Kier molecular flexibility index (Phi) is 9.85. The molecular formula is C26H45FO. The van der Waals surface area contributed by atoms with Gasteiger partial charge in [0.2, 0.25) is 0 Å². The molecule has 0 aliphatic heterocycles. The maximum atomic E-state index is 12.2. The zero-order chi connectivity index (χ0) is 19.6. The molecule has 1 nitrogen and oxygen atoms in total. The monoisotopic (exact) mass is 392 g/mol. The molecule has 28 heavy (non-hydrogen) atoms. The van der Waals surface area contributed by atoms with Gasteiger partial charge in [-0.15, -0.1) is 0 Å². The van der Waals surface area contributed by atoms with Gasteiger partial charge in [0.05, 0.1) is 6.10 Å². The molecule has 0 aromatic carbocycles. The van der Waals surface area contributed by atoms with Crippen LogP contribution in [0.4, 0.5) is 4.39 Å². The van der Waals surface area contributed by atoms with Crippen molar-refractivity contribution >= 4 is 0 Å². The normalized spacial score (nSPS) is 37.4. The van der Waals surface area contributed by atoms with E-state index >= 15 is 0 Å². The summed E-state index contributed by atoms with van der Waals surface area (Å²) in [5.74, 6) is 4.82. The van der Waals surface area contributed by atoms with Gasteiger partial charge in [-0.1, -0.05) is 25.5 Å². The highest BCUT2D eigenvalue weighted by Gasteiger charge is 2.34. The van der Waals surface area contributed by atoms with E-state index in [1.54, 1.807) is 6.08 Å². The lowest BCUT2D eigenvalue weighted by Gasteiger charge is -2.41. The van der Waals surface area contributed by atoms with Gasteiger partial charge >= 0.3 is 0 Å². The summed E-state index contributed by atoms with van der Waals surface area (Å²) in [5.41, 5.74) is 0. The minimum absolute atomic E-state index is 0.299. The Balaban J connectivity index is 1.30. The smallest absolute Gasteiger partial charge is 0.108 e. The van der Waals surface area contributed by atoms with Gasteiger partial charge < -0.3 is 4.74 Å². The lowest BCUT2D eigenvalue weighted by molar-refractivity contribution is 0.00428. The molecular weight excluding hydrogens is 347 g/mol. The molecule has 0 aromatic rings. The van der Waals surface area contributed by atoms with Crippen molar-refractivity contribution in [2.75, 3.05) is 13.3 Å². The summed E-state index contributed by atoms with van der Waals surface area (Å²) in [5, 5.41) is 0. The van der Waals surface area contributed by atoms with E-state index in [1.807, 2.05) is 0 Å². The third-order valence-electron chi connectivity index (χ3n) is 8.34. The van der Waals surface area contributed by atoms with Crippen LogP contribution in [0.15, 0.2) is 12.2 Å². The van der Waals surface area contributed by atoms with Gasteiger partial charge in [0.25, 0.3) is 0 Å². The van der Waals surface area contributed by atoms with Gasteiger partial charge in [0.1, 0.15) is 6.67 Å². The number of hydrogen-bond acceptors (Lipinski definition) is 1. The Bertz CT molecular complexity index is 424. The number of hydrogen-bond donors (Lipinski definition) is 0. The first kappa shape index (κ1) is 22.3. The van der Waals surface area contributed by atoms with Crippen molar-refractivity contribution < 1.29 is 9.13 Å². The first-order valence-corrected chi connectivity index (χ1v) is 12.6. The van der Waals surface area contributed by atoms with Crippen molar-refractivity contribution in [1.82, 2.24) is 0 Å². The third kappa shape index (κ3) is 6.85. The Morgan fingerprint density at radius 1 is 0.714 bits per heavy atom. The molecule has 0 spiro atoms. The molecule has 3 aliphatic carbocycles. The summed E-state index contributed by atoms with van der Waals surface area (Å²) in [7, 11) is 0. The maximum Gasteiger partial charge on any atom is 0.108 e. The van der Waals surface area contributed by atoms with Crippen LogP contribution in [0.2, 0.25) is 0 Å². The fourth-order valence-corrected chi connectivity index (χ4v) is 6.46. The lowest BCUT2D eigenvalue weighted by atomic mass is 9.65. The van der Waals surface area contributed by atoms with Crippen molar-refractivity contribution in [2.24, 2.45) is 29.6 Å². The summed E-state index contributed by atoms with van der Waals surface area (Å²) >= 11 is 0. The molecule has 0 bridgehead atoms. The van der Waals surface area contributed by atoms with E-state index in [2.05, 4.69) is 13.0 Å². The van der Waals surface area contributed by atoms with Gasteiger partial charge in [-0.05, 0) is 119 Å². The maximum absolute atomic E-state index is 12.2. The van der Waals surface area contributed by atoms with Gasteiger partial charge in [-0.2, -0.15) is 0 Å². The highest BCUT2D eigenvalue weighted by Crippen LogP contribution is 2.45. The minimum atomic E-state index is -0.299. The van der Waals surface area contributed by atoms with Crippen LogP contribution in [0.5, 0.6) is 0 Å². The van der Waals surface area contributed by atoms with E-state index in [0.717, 1.165) is 42.6 Å². The van der Waals surface area contributed by atoms with E-state index < -0.39 is 0 Å². The number of allylic oxidation sites excluding steroid dienone is 2. The van der Waals surface area contributed by atoms with Gasteiger partial charge in [-0.25, -0.2) is 4.39 Å². The number of ether oxygens (including phenoxy) is 1. The number of rotatable bonds is 9. The van der Waals surface area contributed by atoms with Crippen LogP contribution in [0.25, 0.3) is 0 Å². The Hall–Kier alpha value is -0.370. The zero-order valence-electron chi connectivity index (χ0n) is 18.4. The molecule has 0 unspecified atom stereocenters. The molecule has 2 heteroatoms. The molecule has 0 radical (unpaired) electrons. The Labute approximate surface area is 173 Å². The first-order chi connectivity index (χ1) is 13.8. The second-order valence-corrected chi connectivity index (χ2v) is 10.1. The lowest BCUT2D eigenvalue weighted by Crippen LogP contribution is -2.31. The number of unbranched alkanes of at least 4 members (excludes halogenated alkanes) is 1. The van der Waals surface area contributed by atoms with Gasteiger partial charge in [0, 0.05) is 6.61 Å². The third-order valence-corrected chi connectivity index (χ3v) is 8.34. The topological polar surface area (TPSA) is 9.23 Å². The fourth-order valence-electron chi connectivity index (χ4n) is 6.46. The summed E-state index contributed by atoms with van der Waals surface area (Å²) in [4.78, 5) is 0. The van der Waals surface area contributed by atoms with E-state index in [9.17, 15) is 4.39 Å². The van der Waals surface area contributed by atoms with E-state index in [4.69, 9.17) is 4.74 Å². The van der Waals surface area contributed by atoms with Crippen LogP contribution in [0.3, 0.4) is 0 Å². The molecule has 162 valence electrons. The van der Waals surface area contributed by atoms with Crippen molar-refractivity contribution in [2.45, 2.75) is 109 Å². The molecule has 3 saturated carbocycles. The predicted octanol–water partition coefficient (Wildman–Crippen LogP) is 7.89. The fraction of sp³-hybridized carbons (Fsp3) is 0.923. The standard InChI is InChI=1S/C26H45FO/c1-2-3-20-28-26-17-15-25(16-18-26)24-13-11-23(12-14-24)22-9-7-21(8-10-22)6-4-5-19-27/h4-5,21-26H,2-3,6-20H2,1H3/b5-4+. The molecule has 3 fully saturated rings. The molecule has 0 amide bonds. The molecule has 0 N–H and O–H groups in total. The molecule has 0 aromatic heterocycles. The van der Waals surface area contributed by atoms with E-state index in [-0.39, 0.29) is 6.67 Å². The number of halogens is 1. The zero-order valence-corrected chi connectivity index (χ0v) is 18.4. The SMILES string of the molecule is CCCCOC1CCC(C2CCC(C3CCC(C/C=C/CF)CC3)CC2)CC1. The second-order valence-electron chi connectivity index (χ2n) is 10.1. The molecule has 3 aliphatic rings. The highest BCUT2D eigenvalue weighted by molar-refractivity contribution is 4.88. The van der Waals surface area contributed by atoms with Gasteiger partial charge in [0.15, 0.2) is 0 Å². The van der Waals surface area contributed by atoms with Crippen LogP contribution >= 0.6 is 0 Å². The van der Waals surface area contributed by atoms with Crippen LogP contribution < -0.4 is 0 Å². The first-order valence-electron chi connectivity index (χ1n) is 12.6. The van der Waals surface area contributed by atoms with Crippen molar-refractivity contribution in [1.29, 1.82) is 0 Å². The Morgan fingerprint density at radius 2 is 1.21 bits per heavy atom. The predicted molar refractivity (Wildman–Crippen MR) is 117 cm³/mol. The summed E-state index contributed by atoms with van der Waals surface area (Å²) in [6, 6.07) is 0. The van der Waals surface area contributed by atoms with Crippen LogP contribution in [-0.4, -0.2) is 19.4 Å².